The van der Waals surface area contributed by atoms with Gasteiger partial charge in [-0.1, -0.05) is 30.3 Å². The highest BCUT2D eigenvalue weighted by Crippen LogP contribution is 2.17. The number of aromatic nitrogens is 1. The minimum Gasteiger partial charge on any atom is -0.493 e. The van der Waals surface area contributed by atoms with Crippen LogP contribution < -0.4 is 10.5 Å². The van der Waals surface area contributed by atoms with E-state index in [2.05, 4.69) is 0 Å². The minimum atomic E-state index is -0.758. The smallest absolute Gasteiger partial charge is 0.420 e. The maximum Gasteiger partial charge on any atom is 0.420 e. The van der Waals surface area contributed by atoms with E-state index in [-0.39, 0.29) is 6.61 Å². The second kappa shape index (κ2) is 7.70. The van der Waals surface area contributed by atoms with Crippen molar-refractivity contribution in [2.45, 2.75) is 19.4 Å². The number of rotatable bonds is 7. The molecule has 130 valence electrons. The third-order valence-electron chi connectivity index (χ3n) is 3.79. The largest absolute Gasteiger partial charge is 0.493 e. The van der Waals surface area contributed by atoms with E-state index in [1.807, 2.05) is 30.3 Å². The van der Waals surface area contributed by atoms with Crippen LogP contribution in [0.25, 0.3) is 11.1 Å². The van der Waals surface area contributed by atoms with Crippen LogP contribution in [0.2, 0.25) is 0 Å². The summed E-state index contributed by atoms with van der Waals surface area (Å²) in [5.41, 5.74) is 1.02. The Balaban J connectivity index is 1.52. The lowest BCUT2D eigenvalue weighted by Gasteiger charge is -2.12. The number of hydrogen-bond donors (Lipinski definition) is 0. The first-order valence-electron chi connectivity index (χ1n) is 8.11. The van der Waals surface area contributed by atoms with E-state index in [0.717, 1.165) is 5.75 Å². The Hall–Kier alpha value is -3.02. The highest BCUT2D eigenvalue weighted by atomic mass is 16.5. The van der Waals surface area contributed by atoms with Crippen molar-refractivity contribution in [2.24, 2.45) is 0 Å². The number of oxazole rings is 1. The molecule has 0 saturated heterocycles. The molecule has 3 aromatic rings. The number of carbonyl (C=O) groups excluding carboxylic acids is 1. The van der Waals surface area contributed by atoms with Crippen molar-refractivity contribution < 1.29 is 18.7 Å². The van der Waals surface area contributed by atoms with Gasteiger partial charge in [0.2, 0.25) is 0 Å². The number of esters is 1. The van der Waals surface area contributed by atoms with Crippen LogP contribution in [0.15, 0.2) is 63.8 Å². The second-order valence-corrected chi connectivity index (χ2v) is 5.56. The fourth-order valence-electron chi connectivity index (χ4n) is 2.52. The first kappa shape index (κ1) is 16.8. The van der Waals surface area contributed by atoms with Crippen molar-refractivity contribution in [3.05, 3.63) is 65.1 Å². The van der Waals surface area contributed by atoms with Gasteiger partial charge in [-0.2, -0.15) is 0 Å². The molecule has 0 amide bonds. The van der Waals surface area contributed by atoms with Crippen LogP contribution in [-0.2, 0) is 9.53 Å². The number of fused-ring (bicyclic) bond motifs is 1. The Morgan fingerprint density at radius 2 is 1.80 bits per heavy atom. The molecule has 0 saturated carbocycles. The standard InChI is InChI=1S/C19H19NO5/c1-14(20-16-10-5-6-11-17(16)25-19(20)22)18(21)24-13-7-12-23-15-8-3-2-4-9-15/h2-6,8-11,14H,7,12-13H2,1H3. The molecule has 1 atom stereocenters. The van der Waals surface area contributed by atoms with Crippen LogP contribution in [0.3, 0.4) is 0 Å². The number of ether oxygens (including phenoxy) is 2. The summed E-state index contributed by atoms with van der Waals surface area (Å²) in [5.74, 6) is -0.273. The molecule has 6 heteroatoms. The Bertz CT molecular complexity index is 897. The van der Waals surface area contributed by atoms with E-state index in [1.54, 1.807) is 31.2 Å². The Labute approximate surface area is 144 Å². The lowest BCUT2D eigenvalue weighted by Crippen LogP contribution is -2.26. The molecule has 0 N–H and O–H groups in total. The van der Waals surface area contributed by atoms with E-state index in [4.69, 9.17) is 13.9 Å². The molecular formula is C19H19NO5. The number of benzene rings is 2. The summed E-state index contributed by atoms with van der Waals surface area (Å²) in [5, 5.41) is 0. The summed E-state index contributed by atoms with van der Waals surface area (Å²) >= 11 is 0. The highest BCUT2D eigenvalue weighted by molar-refractivity contribution is 5.79. The predicted octanol–water partition coefficient (Wildman–Crippen LogP) is 3.17. The molecule has 0 aliphatic carbocycles. The average Bonchev–Trinajstić information content (AvgIpc) is 2.97. The molecule has 0 radical (unpaired) electrons. The Kier molecular flexibility index (Phi) is 5.18. The number of nitrogens with zero attached hydrogens (tertiary/aromatic N) is 1. The number of para-hydroxylation sites is 3. The van der Waals surface area contributed by atoms with E-state index >= 15 is 0 Å². The van der Waals surface area contributed by atoms with Crippen LogP contribution in [0.4, 0.5) is 0 Å². The minimum absolute atomic E-state index is 0.223. The van der Waals surface area contributed by atoms with Crippen LogP contribution in [0.1, 0.15) is 19.4 Å². The first-order chi connectivity index (χ1) is 12.2. The fraction of sp³-hybridized carbons (Fsp3) is 0.263. The van der Waals surface area contributed by atoms with Crippen molar-refractivity contribution in [1.82, 2.24) is 4.57 Å². The molecule has 1 heterocycles. The molecular weight excluding hydrogens is 322 g/mol. The van der Waals surface area contributed by atoms with Gasteiger partial charge >= 0.3 is 11.7 Å². The SMILES string of the molecule is CC(C(=O)OCCCOc1ccccc1)n1c(=O)oc2ccccc21. The van der Waals surface area contributed by atoms with Crippen LogP contribution in [0.5, 0.6) is 5.75 Å². The highest BCUT2D eigenvalue weighted by Gasteiger charge is 2.22. The summed E-state index contributed by atoms with van der Waals surface area (Å²) in [6.45, 7) is 2.28. The van der Waals surface area contributed by atoms with Crippen molar-refractivity contribution in [1.29, 1.82) is 0 Å². The first-order valence-corrected chi connectivity index (χ1v) is 8.11. The zero-order chi connectivity index (χ0) is 17.6. The lowest BCUT2D eigenvalue weighted by molar-refractivity contribution is -0.147. The maximum atomic E-state index is 12.2. The van der Waals surface area contributed by atoms with Crippen molar-refractivity contribution in [3.8, 4) is 5.75 Å². The molecule has 0 aliphatic rings. The van der Waals surface area contributed by atoms with Gasteiger partial charge in [0, 0.05) is 6.42 Å². The third kappa shape index (κ3) is 3.91. The van der Waals surface area contributed by atoms with E-state index in [1.165, 1.54) is 4.57 Å². The van der Waals surface area contributed by atoms with Crippen LogP contribution >= 0.6 is 0 Å². The summed E-state index contributed by atoms with van der Waals surface area (Å²) < 4.78 is 17.2. The summed E-state index contributed by atoms with van der Waals surface area (Å²) in [7, 11) is 0. The van der Waals surface area contributed by atoms with E-state index in [9.17, 15) is 9.59 Å². The van der Waals surface area contributed by atoms with Gasteiger partial charge in [0.05, 0.1) is 18.7 Å². The molecule has 0 bridgehead atoms. The molecule has 1 aromatic heterocycles. The Morgan fingerprint density at radius 1 is 1.08 bits per heavy atom. The molecule has 0 spiro atoms. The van der Waals surface area contributed by atoms with Gasteiger partial charge in [-0.25, -0.2) is 9.59 Å². The molecule has 1 unspecified atom stereocenters. The van der Waals surface area contributed by atoms with Crippen molar-refractivity contribution >= 4 is 17.1 Å². The number of hydrogen-bond acceptors (Lipinski definition) is 5. The van der Waals surface area contributed by atoms with Crippen molar-refractivity contribution in [3.63, 3.8) is 0 Å². The van der Waals surface area contributed by atoms with E-state index < -0.39 is 17.8 Å². The van der Waals surface area contributed by atoms with Crippen molar-refractivity contribution in [2.75, 3.05) is 13.2 Å². The molecule has 2 aromatic carbocycles. The normalized spacial score (nSPS) is 12.0. The third-order valence-corrected chi connectivity index (χ3v) is 3.79. The average molecular weight is 341 g/mol. The summed E-state index contributed by atoms with van der Waals surface area (Å²) in [6, 6.07) is 15.6. The van der Waals surface area contributed by atoms with Gasteiger partial charge in [0.25, 0.3) is 0 Å². The second-order valence-electron chi connectivity index (χ2n) is 5.56. The van der Waals surface area contributed by atoms with Gasteiger partial charge in [-0.3, -0.25) is 4.57 Å². The summed E-state index contributed by atoms with van der Waals surface area (Å²) in [6.07, 6.45) is 0.564. The number of carbonyl (C=O) groups is 1. The summed E-state index contributed by atoms with van der Waals surface area (Å²) in [4.78, 5) is 24.2. The van der Waals surface area contributed by atoms with Gasteiger partial charge in [0.15, 0.2) is 5.58 Å². The van der Waals surface area contributed by atoms with Gasteiger partial charge in [0.1, 0.15) is 11.8 Å². The maximum absolute atomic E-state index is 12.2. The van der Waals surface area contributed by atoms with Crippen LogP contribution in [0, 0.1) is 0 Å². The lowest BCUT2D eigenvalue weighted by atomic mass is 10.3. The predicted molar refractivity (Wildman–Crippen MR) is 92.7 cm³/mol. The molecule has 25 heavy (non-hydrogen) atoms. The molecule has 6 nitrogen and oxygen atoms in total. The van der Waals surface area contributed by atoms with Gasteiger partial charge in [-0.15, -0.1) is 0 Å². The molecule has 0 fully saturated rings. The zero-order valence-electron chi connectivity index (χ0n) is 13.9. The fourth-order valence-corrected chi connectivity index (χ4v) is 2.52. The quantitative estimate of drug-likeness (QED) is 0.488. The molecule has 3 rings (SSSR count). The molecule has 0 aliphatic heterocycles. The van der Waals surface area contributed by atoms with Crippen LogP contribution in [-0.4, -0.2) is 23.8 Å². The zero-order valence-corrected chi connectivity index (χ0v) is 13.9. The monoisotopic (exact) mass is 341 g/mol. The van der Waals surface area contributed by atoms with E-state index in [0.29, 0.717) is 24.1 Å². The topological polar surface area (TPSA) is 70.7 Å². The van der Waals surface area contributed by atoms with Gasteiger partial charge in [-0.05, 0) is 31.2 Å². The van der Waals surface area contributed by atoms with Gasteiger partial charge < -0.3 is 13.9 Å². The Morgan fingerprint density at radius 3 is 2.60 bits per heavy atom.